The average molecular weight is 626 g/mol. The topological polar surface area (TPSA) is 86.8 Å². The van der Waals surface area contributed by atoms with Crippen LogP contribution in [0.2, 0.25) is 0 Å². The minimum absolute atomic E-state index is 0.0477. The smallest absolute Gasteiger partial charge is 0.357 e. The Kier molecular flexibility index (Phi) is 9.44. The second kappa shape index (κ2) is 12.2. The van der Waals surface area contributed by atoms with Gasteiger partial charge in [-0.2, -0.15) is 13.2 Å². The van der Waals surface area contributed by atoms with Gasteiger partial charge in [0.15, 0.2) is 0 Å². The molecule has 0 heterocycles. The molecule has 1 atom stereocenters. The van der Waals surface area contributed by atoms with Crippen LogP contribution < -0.4 is 9.62 Å². The van der Waals surface area contributed by atoms with E-state index in [2.05, 4.69) is 21.2 Å². The molecule has 0 aromatic heterocycles. The van der Waals surface area contributed by atoms with Crippen molar-refractivity contribution in [3.8, 4) is 0 Å². The van der Waals surface area contributed by atoms with Gasteiger partial charge < -0.3 is 10.2 Å². The molecule has 0 bridgehead atoms. The molecular formula is C27H27BrF3N3O4S. The summed E-state index contributed by atoms with van der Waals surface area (Å²) in [5, 5.41) is 2.47. The first-order valence-electron chi connectivity index (χ1n) is 11.8. The van der Waals surface area contributed by atoms with Crippen LogP contribution in [-0.2, 0) is 32.3 Å². The van der Waals surface area contributed by atoms with Gasteiger partial charge in [0, 0.05) is 18.1 Å². The van der Waals surface area contributed by atoms with E-state index < -0.39 is 46.2 Å². The Balaban J connectivity index is 2.10. The molecule has 0 radical (unpaired) electrons. The number of rotatable bonds is 9. The summed E-state index contributed by atoms with van der Waals surface area (Å²) in [7, 11) is -3.08. The van der Waals surface area contributed by atoms with Gasteiger partial charge in [0.25, 0.3) is 10.0 Å². The molecule has 0 saturated carbocycles. The molecule has 3 aromatic rings. The summed E-state index contributed by atoms with van der Waals surface area (Å²) in [6.45, 7) is 2.35. The second-order valence-corrected chi connectivity index (χ2v) is 11.6. The first-order chi connectivity index (χ1) is 18.2. The summed E-state index contributed by atoms with van der Waals surface area (Å²) in [6, 6.07) is 15.5. The number of anilines is 1. The molecule has 0 spiro atoms. The number of carbonyl (C=O) groups excluding carboxylic acids is 2. The highest BCUT2D eigenvalue weighted by Crippen LogP contribution is 2.33. The maximum Gasteiger partial charge on any atom is 0.416 e. The molecule has 3 aromatic carbocycles. The lowest BCUT2D eigenvalue weighted by Gasteiger charge is -2.32. The van der Waals surface area contributed by atoms with Gasteiger partial charge in [0.05, 0.1) is 16.1 Å². The van der Waals surface area contributed by atoms with E-state index in [1.807, 2.05) is 0 Å². The van der Waals surface area contributed by atoms with E-state index in [4.69, 9.17) is 0 Å². The predicted octanol–water partition coefficient (Wildman–Crippen LogP) is 5.13. The van der Waals surface area contributed by atoms with Crippen LogP contribution in [-0.4, -0.2) is 44.8 Å². The van der Waals surface area contributed by atoms with Crippen LogP contribution in [0.3, 0.4) is 0 Å². The summed E-state index contributed by atoms with van der Waals surface area (Å²) in [6.07, 6.45) is -4.74. The Hall–Kier alpha value is -3.38. The monoisotopic (exact) mass is 625 g/mol. The van der Waals surface area contributed by atoms with E-state index in [-0.39, 0.29) is 17.1 Å². The van der Waals surface area contributed by atoms with Crippen molar-refractivity contribution < 1.29 is 31.2 Å². The van der Waals surface area contributed by atoms with E-state index in [0.29, 0.717) is 15.9 Å². The van der Waals surface area contributed by atoms with Crippen LogP contribution in [0, 0.1) is 6.92 Å². The largest absolute Gasteiger partial charge is 0.416 e. The van der Waals surface area contributed by atoms with Crippen molar-refractivity contribution in [3.05, 3.63) is 94.0 Å². The van der Waals surface area contributed by atoms with Crippen LogP contribution in [0.15, 0.2) is 82.2 Å². The molecule has 1 N–H and O–H groups in total. The third kappa shape index (κ3) is 7.39. The summed E-state index contributed by atoms with van der Waals surface area (Å²) in [5.74, 6) is -1.27. The lowest BCUT2D eigenvalue weighted by atomic mass is 10.1. The SMILES string of the molecule is CNC(=O)[C@@H](C)N(Cc1cccc(Br)c1)C(=O)CN(c1cccc(C(F)(F)F)c1)S(=O)(=O)c1ccc(C)cc1. The molecule has 39 heavy (non-hydrogen) atoms. The fraction of sp³-hybridized carbons (Fsp3) is 0.259. The number of likely N-dealkylation sites (N-methyl/N-ethyl adjacent to an activating group) is 1. The Labute approximate surface area is 233 Å². The minimum Gasteiger partial charge on any atom is -0.357 e. The van der Waals surface area contributed by atoms with Crippen molar-refractivity contribution in [1.82, 2.24) is 10.2 Å². The maximum atomic E-state index is 13.7. The first-order valence-corrected chi connectivity index (χ1v) is 14.0. The lowest BCUT2D eigenvalue weighted by Crippen LogP contribution is -2.50. The first kappa shape index (κ1) is 30.2. The van der Waals surface area contributed by atoms with Crippen LogP contribution in [0.25, 0.3) is 0 Å². The van der Waals surface area contributed by atoms with Crippen molar-refractivity contribution in [2.75, 3.05) is 17.9 Å². The molecule has 12 heteroatoms. The predicted molar refractivity (Wildman–Crippen MR) is 145 cm³/mol. The van der Waals surface area contributed by atoms with Crippen molar-refractivity contribution in [3.63, 3.8) is 0 Å². The van der Waals surface area contributed by atoms with E-state index in [0.717, 1.165) is 22.2 Å². The second-order valence-electron chi connectivity index (χ2n) is 8.81. The quantitative estimate of drug-likeness (QED) is 0.357. The summed E-state index contributed by atoms with van der Waals surface area (Å²) in [5.41, 5.74) is 0.0192. The summed E-state index contributed by atoms with van der Waals surface area (Å²) >= 11 is 3.36. The number of nitrogens with one attached hydrogen (secondary N) is 1. The number of sulfonamides is 1. The third-order valence-corrected chi connectivity index (χ3v) is 8.29. The molecule has 3 rings (SSSR count). The van der Waals surface area contributed by atoms with Crippen molar-refractivity contribution in [2.45, 2.75) is 37.5 Å². The number of alkyl halides is 3. The number of carbonyl (C=O) groups is 2. The lowest BCUT2D eigenvalue weighted by molar-refractivity contribution is -0.139. The van der Waals surface area contributed by atoms with Crippen LogP contribution in [0.4, 0.5) is 18.9 Å². The van der Waals surface area contributed by atoms with Crippen LogP contribution >= 0.6 is 15.9 Å². The van der Waals surface area contributed by atoms with Gasteiger partial charge in [-0.15, -0.1) is 0 Å². The summed E-state index contributed by atoms with van der Waals surface area (Å²) in [4.78, 5) is 27.2. The van der Waals surface area contributed by atoms with E-state index in [9.17, 15) is 31.2 Å². The molecule has 0 aliphatic rings. The van der Waals surface area contributed by atoms with Gasteiger partial charge in [-0.05, 0) is 61.9 Å². The van der Waals surface area contributed by atoms with E-state index in [1.54, 1.807) is 43.3 Å². The molecule has 208 valence electrons. The third-order valence-electron chi connectivity index (χ3n) is 6.00. The van der Waals surface area contributed by atoms with Gasteiger partial charge in [-0.3, -0.25) is 13.9 Å². The van der Waals surface area contributed by atoms with Crippen molar-refractivity contribution >= 4 is 43.5 Å². The zero-order chi connectivity index (χ0) is 29.0. The normalized spacial score (nSPS) is 12.5. The number of halogens is 4. The molecule has 0 unspecified atom stereocenters. The molecule has 7 nitrogen and oxygen atoms in total. The Morgan fingerprint density at radius 1 is 1.00 bits per heavy atom. The van der Waals surface area contributed by atoms with Crippen molar-refractivity contribution in [2.24, 2.45) is 0 Å². The molecule has 0 fully saturated rings. The maximum absolute atomic E-state index is 13.7. The zero-order valence-corrected chi connectivity index (χ0v) is 23.8. The zero-order valence-electron chi connectivity index (χ0n) is 21.4. The number of hydrogen-bond donors (Lipinski definition) is 1. The standard InChI is InChI=1S/C27H27BrF3N3O4S/c1-18-10-12-24(13-11-18)39(37,38)34(23-9-5-7-21(15-23)27(29,30)31)17-25(35)33(19(2)26(36)32-3)16-20-6-4-8-22(28)14-20/h4-15,19H,16-17H2,1-3H3,(H,32,36)/t19-/m1/s1. The van der Waals surface area contributed by atoms with E-state index in [1.165, 1.54) is 37.1 Å². The van der Waals surface area contributed by atoms with Gasteiger partial charge in [-0.25, -0.2) is 8.42 Å². The van der Waals surface area contributed by atoms with Gasteiger partial charge in [0.1, 0.15) is 12.6 Å². The van der Waals surface area contributed by atoms with Crippen LogP contribution in [0.1, 0.15) is 23.6 Å². The highest BCUT2D eigenvalue weighted by Gasteiger charge is 2.35. The van der Waals surface area contributed by atoms with Gasteiger partial charge in [0.2, 0.25) is 11.8 Å². The molecule has 0 saturated heterocycles. The number of aryl methyl sites for hydroxylation is 1. The fourth-order valence-electron chi connectivity index (χ4n) is 3.83. The molecule has 0 aliphatic carbocycles. The number of hydrogen-bond acceptors (Lipinski definition) is 4. The van der Waals surface area contributed by atoms with E-state index >= 15 is 0 Å². The highest BCUT2D eigenvalue weighted by atomic mass is 79.9. The van der Waals surface area contributed by atoms with Gasteiger partial charge in [-0.1, -0.05) is 51.8 Å². The molecule has 2 amide bonds. The molecule has 0 aliphatic heterocycles. The average Bonchev–Trinajstić information content (AvgIpc) is 2.89. The number of nitrogens with zero attached hydrogens (tertiary/aromatic N) is 2. The Morgan fingerprint density at radius 2 is 1.64 bits per heavy atom. The van der Waals surface area contributed by atoms with Crippen molar-refractivity contribution in [1.29, 1.82) is 0 Å². The highest BCUT2D eigenvalue weighted by molar-refractivity contribution is 9.10. The number of amides is 2. The minimum atomic E-state index is -4.74. The summed E-state index contributed by atoms with van der Waals surface area (Å²) < 4.78 is 69.3. The molecular weight excluding hydrogens is 599 g/mol. The Bertz CT molecular complexity index is 1450. The fourth-order valence-corrected chi connectivity index (χ4v) is 5.68. The number of benzene rings is 3. The van der Waals surface area contributed by atoms with Gasteiger partial charge >= 0.3 is 6.18 Å². The Morgan fingerprint density at radius 3 is 2.23 bits per heavy atom. The van der Waals surface area contributed by atoms with Crippen LogP contribution in [0.5, 0.6) is 0 Å².